The molecular formula is C32H41N3O2S. The molecule has 3 fully saturated rings. The van der Waals surface area contributed by atoms with Crippen molar-refractivity contribution < 1.29 is 9.59 Å². The zero-order valence-electron chi connectivity index (χ0n) is 23.0. The van der Waals surface area contributed by atoms with Crippen molar-refractivity contribution in [3.8, 4) is 0 Å². The fourth-order valence-corrected chi connectivity index (χ4v) is 7.73. The van der Waals surface area contributed by atoms with Gasteiger partial charge in [-0.15, -0.1) is 11.8 Å². The summed E-state index contributed by atoms with van der Waals surface area (Å²) in [6.07, 6.45) is 9.03. The number of aryl methyl sites for hydroxylation is 2. The first-order valence-electron chi connectivity index (χ1n) is 14.3. The second-order valence-corrected chi connectivity index (χ2v) is 12.4. The molecule has 6 heteroatoms. The highest BCUT2D eigenvalue weighted by molar-refractivity contribution is 8.04. The van der Waals surface area contributed by atoms with E-state index in [0.717, 1.165) is 42.8 Å². The zero-order chi connectivity index (χ0) is 26.6. The van der Waals surface area contributed by atoms with Crippen LogP contribution in [0.15, 0.2) is 47.4 Å². The molecule has 2 aromatic carbocycles. The Kier molecular flexibility index (Phi) is 8.59. The van der Waals surface area contributed by atoms with Crippen LogP contribution in [0.25, 0.3) is 6.08 Å². The first-order chi connectivity index (χ1) is 18.4. The van der Waals surface area contributed by atoms with Gasteiger partial charge in [0, 0.05) is 36.0 Å². The van der Waals surface area contributed by atoms with E-state index in [1.165, 1.54) is 36.0 Å². The summed E-state index contributed by atoms with van der Waals surface area (Å²) in [6, 6.07) is 14.9. The van der Waals surface area contributed by atoms with Crippen molar-refractivity contribution >= 4 is 29.7 Å². The lowest BCUT2D eigenvalue weighted by Gasteiger charge is -2.44. The highest BCUT2D eigenvalue weighted by Crippen LogP contribution is 2.43. The number of nitrogens with zero attached hydrogens (tertiary/aromatic N) is 2. The Morgan fingerprint density at radius 2 is 1.84 bits per heavy atom. The molecule has 0 bridgehead atoms. The number of carbonyl (C=O) groups excluding carboxylic acids is 2. The molecule has 2 saturated heterocycles. The van der Waals surface area contributed by atoms with E-state index in [0.29, 0.717) is 36.0 Å². The molecule has 3 unspecified atom stereocenters. The molecule has 38 heavy (non-hydrogen) atoms. The third-order valence-corrected chi connectivity index (χ3v) is 9.94. The molecule has 0 spiro atoms. The molecular weight excluding hydrogens is 490 g/mol. The zero-order valence-corrected chi connectivity index (χ0v) is 23.9. The summed E-state index contributed by atoms with van der Waals surface area (Å²) in [5.41, 5.74) is 5.34. The molecule has 0 radical (unpaired) electrons. The summed E-state index contributed by atoms with van der Waals surface area (Å²) in [7, 11) is 0. The number of amides is 2. The number of hydrogen-bond donors (Lipinski definition) is 1. The van der Waals surface area contributed by atoms with Gasteiger partial charge in [0.1, 0.15) is 0 Å². The molecule has 2 aliphatic heterocycles. The summed E-state index contributed by atoms with van der Waals surface area (Å²) in [5, 5.41) is 3.57. The van der Waals surface area contributed by atoms with Crippen molar-refractivity contribution in [2.45, 2.75) is 83.2 Å². The number of likely N-dealkylation sites (N-methyl/N-ethyl adjacent to an activating group) is 1. The molecule has 1 aliphatic carbocycles. The first-order valence-corrected chi connectivity index (χ1v) is 15.2. The topological polar surface area (TPSA) is 52.7 Å². The molecule has 3 aliphatic rings. The number of likely N-dealkylation sites (tertiary alicyclic amines) is 1. The van der Waals surface area contributed by atoms with Crippen molar-refractivity contribution in [2.24, 2.45) is 0 Å². The molecule has 2 amide bonds. The van der Waals surface area contributed by atoms with Gasteiger partial charge in [-0.2, -0.15) is 0 Å². The Morgan fingerprint density at radius 3 is 2.63 bits per heavy atom. The predicted molar refractivity (Wildman–Crippen MR) is 157 cm³/mol. The van der Waals surface area contributed by atoms with E-state index in [9.17, 15) is 9.59 Å². The van der Waals surface area contributed by atoms with Gasteiger partial charge in [-0.25, -0.2) is 0 Å². The third-order valence-electron chi connectivity index (χ3n) is 8.54. The van der Waals surface area contributed by atoms with Crippen LogP contribution in [0, 0.1) is 13.8 Å². The lowest BCUT2D eigenvalue weighted by molar-refractivity contribution is -0.130. The largest absolute Gasteiger partial charge is 0.350 e. The second-order valence-electron chi connectivity index (χ2n) is 11.1. The number of benzene rings is 2. The van der Waals surface area contributed by atoms with Crippen LogP contribution in [-0.4, -0.2) is 58.6 Å². The minimum Gasteiger partial charge on any atom is -0.350 e. The van der Waals surface area contributed by atoms with E-state index in [4.69, 9.17) is 0 Å². The van der Waals surface area contributed by atoms with E-state index >= 15 is 0 Å². The molecule has 2 aromatic rings. The highest BCUT2D eigenvalue weighted by atomic mass is 32.2. The van der Waals surface area contributed by atoms with Gasteiger partial charge < -0.3 is 10.2 Å². The van der Waals surface area contributed by atoms with E-state index in [2.05, 4.69) is 54.1 Å². The van der Waals surface area contributed by atoms with Crippen molar-refractivity contribution in [1.29, 1.82) is 0 Å². The van der Waals surface area contributed by atoms with Crippen molar-refractivity contribution in [3.05, 3.63) is 75.2 Å². The summed E-state index contributed by atoms with van der Waals surface area (Å²) in [5.74, 6) is 0.109. The van der Waals surface area contributed by atoms with Gasteiger partial charge in [0.25, 0.3) is 11.8 Å². The fourth-order valence-electron chi connectivity index (χ4n) is 6.25. The summed E-state index contributed by atoms with van der Waals surface area (Å²) >= 11 is 1.76. The number of fused-ring (bicyclic) bond motifs is 1. The maximum atomic E-state index is 13.8. The van der Waals surface area contributed by atoms with Gasteiger partial charge in [-0.3, -0.25) is 14.5 Å². The van der Waals surface area contributed by atoms with E-state index < -0.39 is 0 Å². The Morgan fingerprint density at radius 1 is 1.05 bits per heavy atom. The average molecular weight is 532 g/mol. The quantitative estimate of drug-likeness (QED) is 0.449. The van der Waals surface area contributed by atoms with Crippen LogP contribution in [0.5, 0.6) is 0 Å². The van der Waals surface area contributed by atoms with Crippen LogP contribution >= 0.6 is 11.8 Å². The van der Waals surface area contributed by atoms with Crippen molar-refractivity contribution in [3.63, 3.8) is 0 Å². The Balaban J connectivity index is 1.29. The molecule has 1 saturated carbocycles. The summed E-state index contributed by atoms with van der Waals surface area (Å²) < 4.78 is 0. The number of hydrogen-bond acceptors (Lipinski definition) is 4. The molecule has 2 heterocycles. The average Bonchev–Trinajstić information content (AvgIpc) is 3.39. The maximum Gasteiger partial charge on any atom is 0.260 e. The van der Waals surface area contributed by atoms with Crippen molar-refractivity contribution in [1.82, 2.24) is 15.1 Å². The number of carbonyl (C=O) groups is 2. The minimum absolute atomic E-state index is 0.0278. The fraction of sp³-hybridized carbons (Fsp3) is 0.500. The molecule has 0 aromatic heterocycles. The van der Waals surface area contributed by atoms with Gasteiger partial charge >= 0.3 is 0 Å². The van der Waals surface area contributed by atoms with Crippen LogP contribution in [-0.2, 0) is 11.3 Å². The lowest BCUT2D eigenvalue weighted by atomic mass is 9.92. The van der Waals surface area contributed by atoms with Crippen LogP contribution in [0.2, 0.25) is 0 Å². The van der Waals surface area contributed by atoms with Crippen LogP contribution in [0.4, 0.5) is 0 Å². The van der Waals surface area contributed by atoms with Gasteiger partial charge in [0.05, 0.1) is 4.91 Å². The normalized spacial score (nSPS) is 25.0. The van der Waals surface area contributed by atoms with Crippen molar-refractivity contribution in [2.75, 3.05) is 19.6 Å². The van der Waals surface area contributed by atoms with Crippen LogP contribution < -0.4 is 5.32 Å². The maximum absolute atomic E-state index is 13.8. The van der Waals surface area contributed by atoms with Crippen LogP contribution in [0.1, 0.15) is 78.1 Å². The predicted octanol–water partition coefficient (Wildman–Crippen LogP) is 5.95. The van der Waals surface area contributed by atoms with E-state index in [1.807, 2.05) is 30.3 Å². The van der Waals surface area contributed by atoms with Gasteiger partial charge in [0.2, 0.25) is 0 Å². The van der Waals surface area contributed by atoms with Crippen LogP contribution in [0.3, 0.4) is 0 Å². The van der Waals surface area contributed by atoms with Gasteiger partial charge in [-0.05, 0) is 87.5 Å². The molecule has 3 atom stereocenters. The molecule has 1 N–H and O–H groups in total. The number of nitrogens with one attached hydrogen (secondary N) is 1. The lowest BCUT2D eigenvalue weighted by Crippen LogP contribution is -2.50. The summed E-state index contributed by atoms with van der Waals surface area (Å²) in [4.78, 5) is 31.9. The number of rotatable bonds is 7. The summed E-state index contributed by atoms with van der Waals surface area (Å²) in [6.45, 7) is 9.96. The van der Waals surface area contributed by atoms with Gasteiger partial charge in [0.15, 0.2) is 0 Å². The number of thioether (sulfide) groups is 1. The Hall–Kier alpha value is -2.57. The monoisotopic (exact) mass is 531 g/mol. The SMILES string of the molecule is CCN1CCCC1CNC(=O)c1ccc(/C=C2\SC3CCCCC3N(Cc3cc(C)ccc3C)C2=O)cc1. The second kappa shape index (κ2) is 12.1. The Labute approximate surface area is 232 Å². The molecule has 5 rings (SSSR count). The highest BCUT2D eigenvalue weighted by Gasteiger charge is 2.40. The standard InChI is InChI=1S/C32H41N3O2S/c1-4-34-17-7-8-27(34)20-33-31(36)25-15-13-24(14-16-25)19-30-32(37)35(28-9-5-6-10-29(28)38-30)21-26-18-22(2)11-12-23(26)3/h11-16,18-19,27-29H,4-10,17,20-21H2,1-3H3,(H,33,36)/b30-19-. The smallest absolute Gasteiger partial charge is 0.260 e. The van der Waals surface area contributed by atoms with E-state index in [1.54, 1.807) is 11.8 Å². The Bertz CT molecular complexity index is 1190. The minimum atomic E-state index is -0.0278. The first kappa shape index (κ1) is 27.0. The van der Waals surface area contributed by atoms with E-state index in [-0.39, 0.29) is 11.8 Å². The molecule has 5 nitrogen and oxygen atoms in total. The molecule has 202 valence electrons. The third kappa shape index (κ3) is 6.02. The van der Waals surface area contributed by atoms with Gasteiger partial charge in [-0.1, -0.05) is 55.7 Å².